The molecule has 62 heavy (non-hydrogen) atoms. The van der Waals surface area contributed by atoms with Gasteiger partial charge >= 0.3 is 11.9 Å². The van der Waals surface area contributed by atoms with Gasteiger partial charge in [0.25, 0.3) is 0 Å². The van der Waals surface area contributed by atoms with Crippen LogP contribution in [0.5, 0.6) is 11.5 Å². The van der Waals surface area contributed by atoms with E-state index in [1.165, 1.54) is 79.9 Å². The molecule has 2 aliphatic carbocycles. The van der Waals surface area contributed by atoms with Gasteiger partial charge in [-0.05, 0) is 171 Å². The van der Waals surface area contributed by atoms with Crippen molar-refractivity contribution in [3.05, 3.63) is 96.6 Å². The average Bonchev–Trinajstić information content (AvgIpc) is 3.22. The largest absolute Gasteiger partial charge is 0.490 e. The Labute approximate surface area is 373 Å². The van der Waals surface area contributed by atoms with Crippen LogP contribution >= 0.6 is 0 Å². The molecule has 0 radical (unpaired) electrons. The summed E-state index contributed by atoms with van der Waals surface area (Å²) >= 11 is 0. The Bertz CT molecular complexity index is 2070. The van der Waals surface area contributed by atoms with Gasteiger partial charge in [0, 0.05) is 23.7 Å². The van der Waals surface area contributed by atoms with Crippen molar-refractivity contribution < 1.29 is 28.5 Å². The third kappa shape index (κ3) is 15.1. The zero-order valence-corrected chi connectivity index (χ0v) is 40.1. The monoisotopic (exact) mass is 851 g/mol. The molecule has 0 aromatic heterocycles. The van der Waals surface area contributed by atoms with E-state index in [-0.39, 0.29) is 17.0 Å². The van der Waals surface area contributed by atoms with Gasteiger partial charge in [-0.15, -0.1) is 0 Å². The van der Waals surface area contributed by atoms with Crippen molar-refractivity contribution in [1.82, 2.24) is 5.32 Å². The number of methoxy groups -OCH3 is 2. The van der Waals surface area contributed by atoms with E-state index >= 15 is 0 Å². The van der Waals surface area contributed by atoms with E-state index in [0.717, 1.165) is 47.8 Å². The van der Waals surface area contributed by atoms with Gasteiger partial charge in [0.15, 0.2) is 0 Å². The van der Waals surface area contributed by atoms with E-state index in [9.17, 15) is 9.59 Å². The van der Waals surface area contributed by atoms with Gasteiger partial charge in [-0.2, -0.15) is 0 Å². The van der Waals surface area contributed by atoms with E-state index in [0.29, 0.717) is 36.0 Å². The normalized spacial score (nSPS) is 19.6. The first-order valence-electron chi connectivity index (χ1n) is 22.8. The van der Waals surface area contributed by atoms with Crippen molar-refractivity contribution in [2.75, 3.05) is 20.8 Å². The molecule has 0 heterocycles. The number of hydrogen-bond acceptors (Lipinski definition) is 8. The summed E-state index contributed by atoms with van der Waals surface area (Å²) in [5.41, 5.74) is 8.85. The van der Waals surface area contributed by atoms with Crippen molar-refractivity contribution in [2.45, 2.75) is 150 Å². The lowest BCUT2D eigenvalue weighted by atomic mass is 9.72. The molecule has 8 heteroatoms. The van der Waals surface area contributed by atoms with Gasteiger partial charge in [-0.1, -0.05) is 84.5 Å². The number of benzene rings is 4. The fourth-order valence-corrected chi connectivity index (χ4v) is 8.63. The number of rotatable bonds is 11. The molecular formula is C54H78N2O6. The number of carbonyl (C=O) groups excluding carboxylic acids is 2. The third-order valence-electron chi connectivity index (χ3n) is 13.0. The molecule has 2 fully saturated rings. The lowest BCUT2D eigenvalue weighted by molar-refractivity contribution is -0.140. The van der Waals surface area contributed by atoms with Crippen molar-refractivity contribution >= 4 is 33.5 Å². The second kappa shape index (κ2) is 21.8. The molecule has 0 atom stereocenters. The fraction of sp³-hybridized carbons (Fsp3) is 0.556. The zero-order chi connectivity index (χ0) is 45.9. The Morgan fingerprint density at radius 1 is 0.613 bits per heavy atom. The summed E-state index contributed by atoms with van der Waals surface area (Å²) in [6.45, 7) is 26.2. The van der Waals surface area contributed by atoms with Crippen molar-refractivity contribution in [3.63, 3.8) is 0 Å². The standard InChI is InChI=1S/C27H39NO3.C23H33NO.C4H6O2/c1-26(2,3)21-10-13-23(14-11-21)31-24-12-8-19-17-22(9-7-20(19)18-24)27(4,5)28-16-15-25(29)30-6;1-22(2,3)18-9-12-20(13-10-18)25-21-11-7-16-14-19(23(4,5)24)8-6-17(16)15-21;1-3-4(5)6-2/h7-9,12,17-18,21,23,28H,10-11,13-16H2,1-6H3;6-8,11,14-15,18,20H,9-10,12-13,24H2,1-5H3;3H,1H2,2H3. The zero-order valence-electron chi connectivity index (χ0n) is 40.1. The lowest BCUT2D eigenvalue weighted by Gasteiger charge is -2.37. The molecule has 4 aromatic rings. The molecule has 0 amide bonds. The molecule has 2 aliphatic rings. The van der Waals surface area contributed by atoms with Crippen LogP contribution in [0.1, 0.15) is 138 Å². The number of ether oxygens (including phenoxy) is 4. The van der Waals surface area contributed by atoms with Crippen LogP contribution in [0.25, 0.3) is 21.5 Å². The van der Waals surface area contributed by atoms with E-state index in [2.05, 4.69) is 145 Å². The summed E-state index contributed by atoms with van der Waals surface area (Å²) in [7, 11) is 2.73. The molecule has 0 bridgehead atoms. The summed E-state index contributed by atoms with van der Waals surface area (Å²) in [6.07, 6.45) is 11.8. The maximum absolute atomic E-state index is 11.4. The molecule has 2 saturated carbocycles. The van der Waals surface area contributed by atoms with Crippen LogP contribution in [0.2, 0.25) is 0 Å². The highest BCUT2D eigenvalue weighted by molar-refractivity contribution is 5.85. The molecule has 0 saturated heterocycles. The fourth-order valence-electron chi connectivity index (χ4n) is 8.63. The minimum Gasteiger partial charge on any atom is -0.490 e. The van der Waals surface area contributed by atoms with Crippen LogP contribution in [0.4, 0.5) is 0 Å². The smallest absolute Gasteiger partial charge is 0.329 e. The molecular weight excluding hydrogens is 773 g/mol. The van der Waals surface area contributed by atoms with Crippen LogP contribution in [-0.2, 0) is 30.1 Å². The molecule has 0 aliphatic heterocycles. The van der Waals surface area contributed by atoms with Gasteiger partial charge in [-0.3, -0.25) is 4.79 Å². The quantitative estimate of drug-likeness (QED) is 0.113. The molecule has 340 valence electrons. The van der Waals surface area contributed by atoms with Crippen LogP contribution in [-0.4, -0.2) is 44.9 Å². The predicted octanol–water partition coefficient (Wildman–Crippen LogP) is 12.6. The van der Waals surface area contributed by atoms with E-state index in [1.807, 2.05) is 13.8 Å². The van der Waals surface area contributed by atoms with Crippen LogP contribution < -0.4 is 20.5 Å². The first kappa shape index (κ1) is 50.2. The first-order valence-corrected chi connectivity index (χ1v) is 22.8. The molecule has 6 rings (SSSR count). The second-order valence-corrected chi connectivity index (χ2v) is 20.7. The maximum Gasteiger partial charge on any atom is 0.329 e. The van der Waals surface area contributed by atoms with Crippen LogP contribution in [0.15, 0.2) is 85.5 Å². The molecule has 0 spiro atoms. The number of carbonyl (C=O) groups is 2. The highest BCUT2D eigenvalue weighted by atomic mass is 16.5. The average molecular weight is 851 g/mol. The van der Waals surface area contributed by atoms with Gasteiger partial charge in [-0.25, -0.2) is 4.79 Å². The van der Waals surface area contributed by atoms with E-state index < -0.39 is 5.97 Å². The Morgan fingerprint density at radius 2 is 1.02 bits per heavy atom. The van der Waals surface area contributed by atoms with Gasteiger partial charge in [0.2, 0.25) is 0 Å². The molecule has 3 N–H and O–H groups in total. The first-order chi connectivity index (χ1) is 29.0. The van der Waals surface area contributed by atoms with E-state index in [4.69, 9.17) is 19.9 Å². The number of fused-ring (bicyclic) bond motifs is 2. The van der Waals surface area contributed by atoms with Crippen molar-refractivity contribution in [3.8, 4) is 11.5 Å². The van der Waals surface area contributed by atoms with Crippen molar-refractivity contribution in [2.24, 2.45) is 28.4 Å². The van der Waals surface area contributed by atoms with Gasteiger partial charge < -0.3 is 30.0 Å². The molecule has 0 unspecified atom stereocenters. The summed E-state index contributed by atoms with van der Waals surface area (Å²) < 4.78 is 21.5. The number of nitrogens with one attached hydrogen (secondary N) is 1. The second-order valence-electron chi connectivity index (χ2n) is 20.7. The lowest BCUT2D eigenvalue weighted by Crippen LogP contribution is -2.37. The Morgan fingerprint density at radius 3 is 1.39 bits per heavy atom. The number of hydrogen-bond donors (Lipinski definition) is 2. The maximum atomic E-state index is 11.4. The number of esters is 2. The Hall–Kier alpha value is -4.40. The van der Waals surface area contributed by atoms with Gasteiger partial charge in [0.05, 0.1) is 32.8 Å². The topological polar surface area (TPSA) is 109 Å². The Balaban J connectivity index is 0.000000245. The minimum absolute atomic E-state index is 0.193. The van der Waals surface area contributed by atoms with E-state index in [1.54, 1.807) is 0 Å². The van der Waals surface area contributed by atoms with Crippen molar-refractivity contribution in [1.29, 1.82) is 0 Å². The third-order valence-corrected chi connectivity index (χ3v) is 13.0. The summed E-state index contributed by atoms with van der Waals surface area (Å²) in [6, 6.07) is 25.8. The summed E-state index contributed by atoms with van der Waals surface area (Å²) in [5.74, 6) is 2.99. The number of nitrogens with two attached hydrogens (primary N) is 1. The molecule has 8 nitrogen and oxygen atoms in total. The summed E-state index contributed by atoms with van der Waals surface area (Å²) in [4.78, 5) is 21.2. The highest BCUT2D eigenvalue weighted by Crippen LogP contribution is 2.40. The summed E-state index contributed by atoms with van der Waals surface area (Å²) in [5, 5.41) is 8.29. The predicted molar refractivity (Wildman–Crippen MR) is 257 cm³/mol. The SMILES string of the molecule is C=CC(=O)OC.CC(C)(N)c1ccc2cc(OC3CCC(C(C)(C)C)CC3)ccc2c1.COC(=O)CCNC(C)(C)c1ccc2cc(OC3CCC(C(C)(C)C)CC3)ccc2c1. The highest BCUT2D eigenvalue weighted by Gasteiger charge is 2.32. The Kier molecular flexibility index (Phi) is 17.7. The van der Waals surface area contributed by atoms with Crippen LogP contribution in [0.3, 0.4) is 0 Å². The van der Waals surface area contributed by atoms with Crippen LogP contribution in [0, 0.1) is 22.7 Å². The minimum atomic E-state index is -0.394. The molecule has 4 aromatic carbocycles. The van der Waals surface area contributed by atoms with Gasteiger partial charge in [0.1, 0.15) is 11.5 Å².